The fourth-order valence-electron chi connectivity index (χ4n) is 3.57. The summed E-state index contributed by atoms with van der Waals surface area (Å²) in [5.41, 5.74) is 6.78. The van der Waals surface area contributed by atoms with Crippen molar-refractivity contribution in [3.8, 4) is 0 Å². The van der Waals surface area contributed by atoms with E-state index in [1.165, 1.54) is 4.90 Å². The topological polar surface area (TPSA) is 63.4 Å². The summed E-state index contributed by atoms with van der Waals surface area (Å²) in [6.07, 6.45) is 5.16. The van der Waals surface area contributed by atoms with Gasteiger partial charge in [0.25, 0.3) is 0 Å². The highest BCUT2D eigenvalue weighted by molar-refractivity contribution is 7.80. The standard InChI is InChI=1S/C16H18N2O2S/c17-15(21)11-4-3-5-12(8-11)18-13(19)9-16(10-14(18)20)6-1-2-7-16/h3-5,8H,1-2,6-7,9-10H2,(H2,17,21). The van der Waals surface area contributed by atoms with E-state index in [4.69, 9.17) is 18.0 Å². The fraction of sp³-hybridized carbons (Fsp3) is 0.438. The lowest BCUT2D eigenvalue weighted by Gasteiger charge is -2.37. The average Bonchev–Trinajstić information content (AvgIpc) is 2.86. The van der Waals surface area contributed by atoms with Crippen LogP contribution in [-0.4, -0.2) is 16.8 Å². The monoisotopic (exact) mass is 302 g/mol. The number of nitrogens with two attached hydrogens (primary N) is 1. The molecule has 1 saturated carbocycles. The van der Waals surface area contributed by atoms with Crippen LogP contribution in [0.25, 0.3) is 0 Å². The number of rotatable bonds is 2. The van der Waals surface area contributed by atoms with Crippen molar-refractivity contribution in [3.05, 3.63) is 29.8 Å². The first-order valence-electron chi connectivity index (χ1n) is 7.26. The highest BCUT2D eigenvalue weighted by atomic mass is 32.1. The normalized spacial score (nSPS) is 21.0. The molecule has 1 aromatic rings. The summed E-state index contributed by atoms with van der Waals surface area (Å²) in [5.74, 6) is -0.207. The van der Waals surface area contributed by atoms with Gasteiger partial charge in [-0.2, -0.15) is 0 Å². The van der Waals surface area contributed by atoms with Gasteiger partial charge >= 0.3 is 0 Å². The van der Waals surface area contributed by atoms with Crippen molar-refractivity contribution in [1.29, 1.82) is 0 Å². The minimum Gasteiger partial charge on any atom is -0.389 e. The SMILES string of the molecule is NC(=S)c1cccc(N2C(=O)CC3(CCCC3)CC2=O)c1. The Bertz CT molecular complexity index is 600. The lowest BCUT2D eigenvalue weighted by Crippen LogP contribution is -2.47. The molecule has 0 radical (unpaired) electrons. The van der Waals surface area contributed by atoms with Gasteiger partial charge in [-0.25, -0.2) is 0 Å². The first kappa shape index (κ1) is 14.2. The van der Waals surface area contributed by atoms with Crippen molar-refractivity contribution in [2.75, 3.05) is 4.90 Å². The number of amides is 2. The van der Waals surface area contributed by atoms with Crippen LogP contribution in [0.5, 0.6) is 0 Å². The van der Waals surface area contributed by atoms with E-state index in [2.05, 4.69) is 0 Å². The van der Waals surface area contributed by atoms with Crippen LogP contribution in [0, 0.1) is 5.41 Å². The first-order valence-corrected chi connectivity index (χ1v) is 7.67. The second-order valence-electron chi connectivity index (χ2n) is 6.10. The third-order valence-electron chi connectivity index (χ3n) is 4.60. The average molecular weight is 302 g/mol. The molecule has 21 heavy (non-hydrogen) atoms. The van der Waals surface area contributed by atoms with Crippen LogP contribution >= 0.6 is 12.2 Å². The second kappa shape index (κ2) is 5.22. The molecule has 0 unspecified atom stereocenters. The third kappa shape index (κ3) is 2.58. The maximum absolute atomic E-state index is 12.5. The Morgan fingerprint density at radius 3 is 2.33 bits per heavy atom. The predicted octanol–water partition coefficient (Wildman–Crippen LogP) is 2.53. The molecule has 1 aliphatic heterocycles. The number of imide groups is 1. The van der Waals surface area contributed by atoms with Crippen LogP contribution in [0.4, 0.5) is 5.69 Å². The summed E-state index contributed by atoms with van der Waals surface area (Å²) in [7, 11) is 0. The molecule has 0 atom stereocenters. The van der Waals surface area contributed by atoms with Crippen LogP contribution in [0.2, 0.25) is 0 Å². The van der Waals surface area contributed by atoms with Gasteiger partial charge in [-0.1, -0.05) is 37.2 Å². The summed E-state index contributed by atoms with van der Waals surface area (Å²) in [6.45, 7) is 0. The van der Waals surface area contributed by atoms with E-state index in [0.717, 1.165) is 25.7 Å². The number of carbonyl (C=O) groups is 2. The lowest BCUT2D eigenvalue weighted by molar-refractivity contribution is -0.133. The lowest BCUT2D eigenvalue weighted by atomic mass is 9.76. The van der Waals surface area contributed by atoms with E-state index in [1.54, 1.807) is 24.3 Å². The summed E-state index contributed by atoms with van der Waals surface area (Å²) in [4.78, 5) is 26.5. The Hall–Kier alpha value is -1.75. The van der Waals surface area contributed by atoms with Gasteiger partial charge in [0.1, 0.15) is 4.99 Å². The molecule has 1 saturated heterocycles. The van der Waals surface area contributed by atoms with Gasteiger partial charge < -0.3 is 5.73 Å². The highest BCUT2D eigenvalue weighted by Gasteiger charge is 2.45. The molecule has 4 nitrogen and oxygen atoms in total. The van der Waals surface area contributed by atoms with Crippen molar-refractivity contribution < 1.29 is 9.59 Å². The molecule has 2 aliphatic rings. The fourth-order valence-corrected chi connectivity index (χ4v) is 3.69. The zero-order valence-electron chi connectivity index (χ0n) is 11.8. The van der Waals surface area contributed by atoms with Gasteiger partial charge in [0.15, 0.2) is 0 Å². The van der Waals surface area contributed by atoms with Crippen molar-refractivity contribution >= 4 is 34.7 Å². The molecule has 1 aromatic carbocycles. The number of hydrogen-bond donors (Lipinski definition) is 1. The van der Waals surface area contributed by atoms with Crippen LogP contribution in [0.3, 0.4) is 0 Å². The number of hydrogen-bond acceptors (Lipinski definition) is 3. The van der Waals surface area contributed by atoms with Gasteiger partial charge in [0, 0.05) is 18.4 Å². The maximum atomic E-state index is 12.5. The van der Waals surface area contributed by atoms with Gasteiger partial charge in [0.2, 0.25) is 11.8 Å². The van der Waals surface area contributed by atoms with Crippen LogP contribution < -0.4 is 10.6 Å². The van der Waals surface area contributed by atoms with E-state index in [0.29, 0.717) is 24.1 Å². The van der Waals surface area contributed by atoms with E-state index >= 15 is 0 Å². The largest absolute Gasteiger partial charge is 0.389 e. The summed E-state index contributed by atoms with van der Waals surface area (Å²) in [5, 5.41) is 0. The Kier molecular flexibility index (Phi) is 3.53. The minimum atomic E-state index is -0.103. The van der Waals surface area contributed by atoms with E-state index in [1.807, 2.05) is 0 Å². The highest BCUT2D eigenvalue weighted by Crippen LogP contribution is 2.47. The third-order valence-corrected chi connectivity index (χ3v) is 4.84. The predicted molar refractivity (Wildman–Crippen MR) is 85.0 cm³/mol. The smallest absolute Gasteiger partial charge is 0.234 e. The summed E-state index contributed by atoms with van der Waals surface area (Å²) >= 11 is 4.95. The van der Waals surface area contributed by atoms with E-state index in [-0.39, 0.29) is 22.2 Å². The molecule has 0 aromatic heterocycles. The van der Waals surface area contributed by atoms with Gasteiger partial charge in [-0.3, -0.25) is 14.5 Å². The zero-order chi connectivity index (χ0) is 15.0. The molecule has 2 fully saturated rings. The van der Waals surface area contributed by atoms with Crippen molar-refractivity contribution in [1.82, 2.24) is 0 Å². The molecule has 5 heteroatoms. The Balaban J connectivity index is 1.89. The molecule has 0 bridgehead atoms. The number of thiocarbonyl (C=S) groups is 1. The van der Waals surface area contributed by atoms with Gasteiger partial charge in [-0.15, -0.1) is 0 Å². The number of benzene rings is 1. The number of piperidine rings is 1. The molecule has 1 aliphatic carbocycles. The molecule has 1 spiro atoms. The number of carbonyl (C=O) groups excluding carboxylic acids is 2. The van der Waals surface area contributed by atoms with Crippen molar-refractivity contribution in [2.24, 2.45) is 11.1 Å². The first-order chi connectivity index (χ1) is 10.0. The Morgan fingerprint density at radius 2 is 1.76 bits per heavy atom. The Morgan fingerprint density at radius 1 is 1.14 bits per heavy atom. The molecule has 2 N–H and O–H groups in total. The number of nitrogens with zero attached hydrogens (tertiary/aromatic N) is 1. The minimum absolute atomic E-state index is 0.0779. The zero-order valence-corrected chi connectivity index (χ0v) is 12.6. The molecule has 1 heterocycles. The number of anilines is 1. The van der Waals surface area contributed by atoms with Crippen LogP contribution in [0.15, 0.2) is 24.3 Å². The quantitative estimate of drug-likeness (QED) is 0.673. The molecular formula is C16H18N2O2S. The molecule has 110 valence electrons. The van der Waals surface area contributed by atoms with Crippen LogP contribution in [-0.2, 0) is 9.59 Å². The van der Waals surface area contributed by atoms with E-state index in [9.17, 15) is 9.59 Å². The second-order valence-corrected chi connectivity index (χ2v) is 6.54. The van der Waals surface area contributed by atoms with Crippen LogP contribution in [0.1, 0.15) is 44.1 Å². The maximum Gasteiger partial charge on any atom is 0.234 e. The summed E-state index contributed by atoms with van der Waals surface area (Å²) < 4.78 is 0. The van der Waals surface area contributed by atoms with Gasteiger partial charge in [0.05, 0.1) is 5.69 Å². The summed E-state index contributed by atoms with van der Waals surface area (Å²) in [6, 6.07) is 7.02. The molecular weight excluding hydrogens is 284 g/mol. The molecule has 2 amide bonds. The van der Waals surface area contributed by atoms with Crippen molar-refractivity contribution in [2.45, 2.75) is 38.5 Å². The van der Waals surface area contributed by atoms with E-state index < -0.39 is 0 Å². The van der Waals surface area contributed by atoms with Crippen molar-refractivity contribution in [3.63, 3.8) is 0 Å². The molecule has 3 rings (SSSR count). The van der Waals surface area contributed by atoms with Gasteiger partial charge in [-0.05, 0) is 30.4 Å². The Labute approximate surface area is 129 Å².